The van der Waals surface area contributed by atoms with E-state index in [1.54, 1.807) is 12.1 Å². The Balaban J connectivity index is 2.33. The van der Waals surface area contributed by atoms with E-state index < -0.39 is 5.97 Å². The molecular weight excluding hydrogens is 289 g/mol. The van der Waals surface area contributed by atoms with E-state index in [2.05, 4.69) is 4.98 Å². The maximum Gasteiger partial charge on any atom is 0.356 e. The van der Waals surface area contributed by atoms with Crippen molar-refractivity contribution in [3.05, 3.63) is 51.6 Å². The highest BCUT2D eigenvalue weighted by molar-refractivity contribution is 6.33. The van der Waals surface area contributed by atoms with Gasteiger partial charge in [-0.1, -0.05) is 29.3 Å². The van der Waals surface area contributed by atoms with E-state index in [1.165, 1.54) is 12.1 Å². The van der Waals surface area contributed by atoms with Crippen LogP contribution in [-0.2, 0) is 0 Å². The summed E-state index contributed by atoms with van der Waals surface area (Å²) in [6.07, 6.45) is 0. The first kappa shape index (κ1) is 13.6. The van der Waals surface area contributed by atoms with Crippen molar-refractivity contribution in [3.8, 4) is 11.6 Å². The number of aromatic nitrogens is 1. The molecule has 19 heavy (non-hydrogen) atoms. The van der Waals surface area contributed by atoms with E-state index in [0.717, 1.165) is 5.56 Å². The number of ether oxygens (including phenoxy) is 1. The van der Waals surface area contributed by atoms with Crippen LogP contribution in [0.5, 0.6) is 11.6 Å². The van der Waals surface area contributed by atoms with Crippen molar-refractivity contribution in [2.75, 3.05) is 0 Å². The molecule has 6 heteroatoms. The summed E-state index contributed by atoms with van der Waals surface area (Å²) in [6, 6.07) is 8.15. The van der Waals surface area contributed by atoms with Gasteiger partial charge in [0.25, 0.3) is 0 Å². The highest BCUT2D eigenvalue weighted by Gasteiger charge is 2.13. The Morgan fingerprint density at radius 1 is 1.21 bits per heavy atom. The molecule has 0 aliphatic rings. The largest absolute Gasteiger partial charge is 0.476 e. The first-order chi connectivity index (χ1) is 8.97. The Kier molecular flexibility index (Phi) is 3.93. The number of carboxylic acid groups (broad SMARTS) is 1. The van der Waals surface area contributed by atoms with Crippen molar-refractivity contribution in [1.82, 2.24) is 4.98 Å². The Labute approximate surface area is 119 Å². The SMILES string of the molecule is Cc1ccc(Oc2ccc(Cl)c(C(=O)O)n2)c(Cl)c1. The summed E-state index contributed by atoms with van der Waals surface area (Å²) in [6.45, 7) is 1.90. The topological polar surface area (TPSA) is 59.4 Å². The zero-order valence-electron chi connectivity index (χ0n) is 9.85. The number of benzene rings is 1. The molecule has 1 aromatic heterocycles. The van der Waals surface area contributed by atoms with Crippen LogP contribution in [0.3, 0.4) is 0 Å². The molecule has 0 atom stereocenters. The summed E-state index contributed by atoms with van der Waals surface area (Å²) < 4.78 is 5.44. The number of aryl methyl sites for hydroxylation is 1. The van der Waals surface area contributed by atoms with Gasteiger partial charge in [-0.25, -0.2) is 9.78 Å². The highest BCUT2D eigenvalue weighted by atomic mass is 35.5. The lowest BCUT2D eigenvalue weighted by Crippen LogP contribution is -2.02. The molecule has 0 fully saturated rings. The van der Waals surface area contributed by atoms with Crippen LogP contribution in [0, 0.1) is 6.92 Å². The van der Waals surface area contributed by atoms with Crippen LogP contribution >= 0.6 is 23.2 Å². The minimum Gasteiger partial charge on any atom is -0.476 e. The van der Waals surface area contributed by atoms with E-state index in [9.17, 15) is 4.79 Å². The van der Waals surface area contributed by atoms with E-state index >= 15 is 0 Å². The molecule has 0 bridgehead atoms. The van der Waals surface area contributed by atoms with E-state index in [-0.39, 0.29) is 16.6 Å². The van der Waals surface area contributed by atoms with Crippen molar-refractivity contribution in [2.24, 2.45) is 0 Å². The third-order valence-corrected chi connectivity index (χ3v) is 2.93. The maximum atomic E-state index is 10.9. The number of carboxylic acids is 1. The van der Waals surface area contributed by atoms with Gasteiger partial charge in [-0.15, -0.1) is 0 Å². The van der Waals surface area contributed by atoms with E-state index in [1.807, 2.05) is 13.0 Å². The van der Waals surface area contributed by atoms with Crippen LogP contribution in [0.1, 0.15) is 16.1 Å². The third kappa shape index (κ3) is 3.16. The molecule has 0 amide bonds. The van der Waals surface area contributed by atoms with Gasteiger partial charge in [0.15, 0.2) is 5.69 Å². The highest BCUT2D eigenvalue weighted by Crippen LogP contribution is 2.30. The van der Waals surface area contributed by atoms with Crippen LogP contribution < -0.4 is 4.74 Å². The van der Waals surface area contributed by atoms with Crippen LogP contribution in [0.4, 0.5) is 0 Å². The number of rotatable bonds is 3. The summed E-state index contributed by atoms with van der Waals surface area (Å²) in [5.74, 6) is -0.698. The molecule has 4 nitrogen and oxygen atoms in total. The van der Waals surface area contributed by atoms with Crippen molar-refractivity contribution in [3.63, 3.8) is 0 Å². The number of hydrogen-bond acceptors (Lipinski definition) is 3. The molecule has 0 spiro atoms. The molecule has 0 aliphatic carbocycles. The summed E-state index contributed by atoms with van der Waals surface area (Å²) in [5, 5.41) is 9.39. The van der Waals surface area contributed by atoms with Crippen molar-refractivity contribution >= 4 is 29.2 Å². The summed E-state index contributed by atoms with van der Waals surface area (Å²) in [5.41, 5.74) is 0.732. The Hall–Kier alpha value is -1.78. The second-order valence-corrected chi connectivity index (χ2v) is 4.64. The normalized spacial score (nSPS) is 10.3. The van der Waals surface area contributed by atoms with Gasteiger partial charge in [0.1, 0.15) is 5.75 Å². The van der Waals surface area contributed by atoms with Gasteiger partial charge in [-0.3, -0.25) is 0 Å². The second kappa shape index (κ2) is 5.47. The van der Waals surface area contributed by atoms with Gasteiger partial charge in [0.2, 0.25) is 5.88 Å². The summed E-state index contributed by atoms with van der Waals surface area (Å²) >= 11 is 11.7. The van der Waals surface area contributed by atoms with Crippen molar-refractivity contribution in [2.45, 2.75) is 6.92 Å². The van der Waals surface area contributed by atoms with Crippen molar-refractivity contribution in [1.29, 1.82) is 0 Å². The van der Waals surface area contributed by atoms with E-state index in [4.69, 9.17) is 33.0 Å². The smallest absolute Gasteiger partial charge is 0.356 e. The van der Waals surface area contributed by atoms with Crippen LogP contribution in [0.15, 0.2) is 30.3 Å². The summed E-state index contributed by atoms with van der Waals surface area (Å²) in [7, 11) is 0. The average Bonchev–Trinajstić information content (AvgIpc) is 2.34. The molecule has 1 heterocycles. The van der Waals surface area contributed by atoms with Gasteiger partial charge >= 0.3 is 5.97 Å². The number of hydrogen-bond donors (Lipinski definition) is 1. The summed E-state index contributed by atoms with van der Waals surface area (Å²) in [4.78, 5) is 14.7. The molecule has 98 valence electrons. The molecule has 0 unspecified atom stereocenters. The molecule has 0 saturated heterocycles. The number of pyridine rings is 1. The lowest BCUT2D eigenvalue weighted by atomic mass is 10.2. The van der Waals surface area contributed by atoms with E-state index in [0.29, 0.717) is 10.8 Å². The van der Waals surface area contributed by atoms with Crippen LogP contribution in [0.2, 0.25) is 10.0 Å². The number of aromatic carboxylic acids is 1. The first-order valence-corrected chi connectivity index (χ1v) is 6.07. The lowest BCUT2D eigenvalue weighted by Gasteiger charge is -2.08. The predicted molar refractivity (Wildman–Crippen MR) is 72.5 cm³/mol. The van der Waals surface area contributed by atoms with Crippen LogP contribution in [-0.4, -0.2) is 16.1 Å². The molecule has 2 rings (SSSR count). The van der Waals surface area contributed by atoms with Gasteiger partial charge < -0.3 is 9.84 Å². The van der Waals surface area contributed by atoms with Gasteiger partial charge in [-0.2, -0.15) is 0 Å². The minimum absolute atomic E-state index is 0.0508. The predicted octanol–water partition coefficient (Wildman–Crippen LogP) is 4.19. The zero-order chi connectivity index (χ0) is 14.0. The molecule has 0 aliphatic heterocycles. The number of carbonyl (C=O) groups is 1. The van der Waals surface area contributed by atoms with Gasteiger partial charge in [0, 0.05) is 6.07 Å². The van der Waals surface area contributed by atoms with Gasteiger partial charge in [0.05, 0.1) is 10.0 Å². The molecular formula is C13H9Cl2NO3. The molecule has 0 radical (unpaired) electrons. The molecule has 2 aromatic rings. The maximum absolute atomic E-state index is 10.9. The van der Waals surface area contributed by atoms with Crippen LogP contribution in [0.25, 0.3) is 0 Å². The minimum atomic E-state index is -1.22. The Morgan fingerprint density at radius 3 is 2.58 bits per heavy atom. The van der Waals surface area contributed by atoms with Crippen molar-refractivity contribution < 1.29 is 14.6 Å². The number of halogens is 2. The molecule has 1 N–H and O–H groups in total. The average molecular weight is 298 g/mol. The fourth-order valence-electron chi connectivity index (χ4n) is 1.43. The molecule has 1 aromatic carbocycles. The quantitative estimate of drug-likeness (QED) is 0.923. The molecule has 0 saturated carbocycles. The zero-order valence-corrected chi connectivity index (χ0v) is 11.4. The standard InChI is InChI=1S/C13H9Cl2NO3/c1-7-2-4-10(9(15)6-7)19-11-5-3-8(14)12(16-11)13(17)18/h2-6H,1H3,(H,17,18). The monoisotopic (exact) mass is 297 g/mol. The van der Waals surface area contributed by atoms with Gasteiger partial charge in [-0.05, 0) is 30.7 Å². The third-order valence-electron chi connectivity index (χ3n) is 2.32. The second-order valence-electron chi connectivity index (χ2n) is 3.82. The first-order valence-electron chi connectivity index (χ1n) is 5.31. The Morgan fingerprint density at radius 2 is 1.95 bits per heavy atom. The lowest BCUT2D eigenvalue weighted by molar-refractivity contribution is 0.0690. The Bertz CT molecular complexity index is 644. The fraction of sp³-hybridized carbons (Fsp3) is 0.0769. The number of nitrogens with zero attached hydrogens (tertiary/aromatic N) is 1. The fourth-order valence-corrected chi connectivity index (χ4v) is 1.89.